The molecule has 2 rings (SSSR count). The highest BCUT2D eigenvalue weighted by Gasteiger charge is 2.29. The molecule has 6 heteroatoms. The number of nitrogens with one attached hydrogen (secondary N) is 1. The smallest absolute Gasteiger partial charge is 0.243 e. The lowest BCUT2D eigenvalue weighted by Crippen LogP contribution is -2.46. The summed E-state index contributed by atoms with van der Waals surface area (Å²) in [4.78, 5) is 0.252. The molecule has 1 fully saturated rings. The monoisotopic (exact) mass is 293 g/mol. The highest BCUT2D eigenvalue weighted by Crippen LogP contribution is 2.21. The van der Waals surface area contributed by atoms with Gasteiger partial charge in [-0.2, -0.15) is 9.57 Å². The number of nitrogens with zero attached hydrogens (tertiary/aromatic N) is 2. The number of piperidine rings is 1. The van der Waals surface area contributed by atoms with Crippen LogP contribution in [0.4, 0.5) is 0 Å². The fourth-order valence-corrected chi connectivity index (χ4v) is 3.90. The van der Waals surface area contributed by atoms with Crippen LogP contribution in [0.1, 0.15) is 24.0 Å². The van der Waals surface area contributed by atoms with E-state index in [1.807, 2.05) is 6.07 Å². The Bertz CT molecular complexity index is 628. The van der Waals surface area contributed by atoms with Crippen LogP contribution in [0, 0.1) is 18.3 Å². The molecule has 1 aliphatic rings. The molecule has 1 heterocycles. The first-order valence-corrected chi connectivity index (χ1v) is 8.10. The van der Waals surface area contributed by atoms with Gasteiger partial charge in [-0.25, -0.2) is 8.42 Å². The summed E-state index contributed by atoms with van der Waals surface area (Å²) in [5.74, 6) is 0. The van der Waals surface area contributed by atoms with Gasteiger partial charge in [0.2, 0.25) is 10.0 Å². The zero-order valence-electron chi connectivity index (χ0n) is 11.8. The molecule has 0 bridgehead atoms. The molecule has 108 valence electrons. The van der Waals surface area contributed by atoms with Crippen LogP contribution < -0.4 is 5.32 Å². The van der Waals surface area contributed by atoms with Gasteiger partial charge < -0.3 is 5.32 Å². The molecule has 1 unspecified atom stereocenters. The van der Waals surface area contributed by atoms with E-state index in [9.17, 15) is 8.42 Å². The van der Waals surface area contributed by atoms with Crippen molar-refractivity contribution in [1.29, 1.82) is 5.26 Å². The molecule has 0 saturated carbocycles. The van der Waals surface area contributed by atoms with Gasteiger partial charge in [-0.15, -0.1) is 0 Å². The van der Waals surface area contributed by atoms with Crippen molar-refractivity contribution in [1.82, 2.24) is 9.62 Å². The first kappa shape index (κ1) is 15.0. The van der Waals surface area contributed by atoms with Crippen LogP contribution in [0.25, 0.3) is 0 Å². The Kier molecular flexibility index (Phi) is 4.43. The molecule has 0 aromatic heterocycles. The Morgan fingerprint density at radius 3 is 2.75 bits per heavy atom. The maximum atomic E-state index is 12.6. The number of aryl methyl sites for hydroxylation is 1. The third-order valence-electron chi connectivity index (χ3n) is 3.78. The Morgan fingerprint density at radius 2 is 2.20 bits per heavy atom. The maximum absolute atomic E-state index is 12.6. The molecule has 0 radical (unpaired) electrons. The minimum Gasteiger partial charge on any atom is -0.315 e. The van der Waals surface area contributed by atoms with Crippen molar-refractivity contribution < 1.29 is 8.42 Å². The van der Waals surface area contributed by atoms with Gasteiger partial charge >= 0.3 is 0 Å². The minimum atomic E-state index is -3.50. The molecule has 0 amide bonds. The molecule has 1 saturated heterocycles. The zero-order chi connectivity index (χ0) is 14.8. The highest BCUT2D eigenvalue weighted by molar-refractivity contribution is 7.89. The van der Waals surface area contributed by atoms with E-state index in [1.54, 1.807) is 26.1 Å². The van der Waals surface area contributed by atoms with Gasteiger partial charge in [0.05, 0.1) is 16.5 Å². The number of hydrogen-bond acceptors (Lipinski definition) is 4. The van der Waals surface area contributed by atoms with Gasteiger partial charge in [0.15, 0.2) is 0 Å². The molecule has 20 heavy (non-hydrogen) atoms. The highest BCUT2D eigenvalue weighted by atomic mass is 32.2. The second-order valence-electron chi connectivity index (χ2n) is 5.11. The van der Waals surface area contributed by atoms with Gasteiger partial charge in [-0.05, 0) is 50.1 Å². The third kappa shape index (κ3) is 2.85. The van der Waals surface area contributed by atoms with Crippen molar-refractivity contribution in [2.45, 2.75) is 30.7 Å². The van der Waals surface area contributed by atoms with E-state index in [0.29, 0.717) is 17.7 Å². The van der Waals surface area contributed by atoms with E-state index in [4.69, 9.17) is 5.26 Å². The van der Waals surface area contributed by atoms with Gasteiger partial charge in [0.1, 0.15) is 0 Å². The van der Waals surface area contributed by atoms with Crippen LogP contribution in [0.2, 0.25) is 0 Å². The average Bonchev–Trinajstić information content (AvgIpc) is 2.47. The van der Waals surface area contributed by atoms with Crippen molar-refractivity contribution in [2.24, 2.45) is 0 Å². The zero-order valence-corrected chi connectivity index (χ0v) is 12.6. The maximum Gasteiger partial charge on any atom is 0.243 e. The summed E-state index contributed by atoms with van der Waals surface area (Å²) in [5, 5.41) is 12.1. The summed E-state index contributed by atoms with van der Waals surface area (Å²) in [6, 6.07) is 6.68. The van der Waals surface area contributed by atoms with Gasteiger partial charge in [-0.3, -0.25) is 0 Å². The van der Waals surface area contributed by atoms with E-state index in [1.165, 1.54) is 10.4 Å². The summed E-state index contributed by atoms with van der Waals surface area (Å²) >= 11 is 0. The number of nitriles is 1. The number of hydrogen-bond donors (Lipinski definition) is 1. The fraction of sp³-hybridized carbons (Fsp3) is 0.500. The molecule has 0 aliphatic carbocycles. The van der Waals surface area contributed by atoms with Gasteiger partial charge in [0, 0.05) is 19.6 Å². The Balaban J connectivity index is 2.30. The predicted octanol–water partition coefficient (Wildman–Crippen LogP) is 1.24. The Hall–Kier alpha value is -1.42. The first-order valence-electron chi connectivity index (χ1n) is 6.66. The van der Waals surface area contributed by atoms with Crippen LogP contribution in [0.15, 0.2) is 23.1 Å². The topological polar surface area (TPSA) is 73.2 Å². The van der Waals surface area contributed by atoms with Gasteiger partial charge in [-0.1, -0.05) is 0 Å². The Labute approximate surface area is 120 Å². The van der Waals surface area contributed by atoms with E-state index >= 15 is 0 Å². The van der Waals surface area contributed by atoms with Crippen LogP contribution in [-0.4, -0.2) is 38.9 Å². The van der Waals surface area contributed by atoms with E-state index in [-0.39, 0.29) is 10.9 Å². The quantitative estimate of drug-likeness (QED) is 0.910. The fourth-order valence-electron chi connectivity index (χ4n) is 2.43. The molecule has 1 N–H and O–H groups in total. The molecular formula is C14H19N3O2S. The van der Waals surface area contributed by atoms with Crippen LogP contribution >= 0.6 is 0 Å². The lowest BCUT2D eigenvalue weighted by molar-refractivity contribution is 0.300. The Morgan fingerprint density at radius 1 is 1.45 bits per heavy atom. The van der Waals surface area contributed by atoms with E-state index < -0.39 is 10.0 Å². The molecule has 1 aliphatic heterocycles. The van der Waals surface area contributed by atoms with Crippen LogP contribution in [-0.2, 0) is 10.0 Å². The molecule has 1 aromatic carbocycles. The number of rotatable bonds is 3. The SMILES string of the molecule is Cc1cc(S(=O)(=O)N(C)C2CCCNC2)ccc1C#N. The van der Waals surface area contributed by atoms with Gasteiger partial charge in [0.25, 0.3) is 0 Å². The van der Waals surface area contributed by atoms with Crippen LogP contribution in [0.5, 0.6) is 0 Å². The van der Waals surface area contributed by atoms with E-state index in [2.05, 4.69) is 5.32 Å². The molecule has 5 nitrogen and oxygen atoms in total. The summed E-state index contributed by atoms with van der Waals surface area (Å²) < 4.78 is 26.6. The second-order valence-corrected chi connectivity index (χ2v) is 7.11. The second kappa shape index (κ2) is 5.92. The number of sulfonamides is 1. The van der Waals surface area contributed by atoms with E-state index in [0.717, 1.165) is 19.4 Å². The lowest BCUT2D eigenvalue weighted by Gasteiger charge is -2.31. The van der Waals surface area contributed by atoms with Crippen molar-refractivity contribution in [2.75, 3.05) is 20.1 Å². The number of likely N-dealkylation sites (N-methyl/N-ethyl adjacent to an activating group) is 1. The standard InChI is InChI=1S/C14H19N3O2S/c1-11-8-14(6-5-12(11)9-15)20(18,19)17(2)13-4-3-7-16-10-13/h5-6,8,13,16H,3-4,7,10H2,1-2H3. The van der Waals surface area contributed by atoms with Crippen LogP contribution in [0.3, 0.4) is 0 Å². The molecular weight excluding hydrogens is 274 g/mol. The normalized spacial score (nSPS) is 19.8. The molecule has 1 atom stereocenters. The summed E-state index contributed by atoms with van der Waals surface area (Å²) in [7, 11) is -1.88. The van der Waals surface area contributed by atoms with Crippen molar-refractivity contribution in [3.05, 3.63) is 29.3 Å². The minimum absolute atomic E-state index is 0.00954. The number of benzene rings is 1. The lowest BCUT2D eigenvalue weighted by atomic mass is 10.1. The van der Waals surface area contributed by atoms with Crippen molar-refractivity contribution >= 4 is 10.0 Å². The largest absolute Gasteiger partial charge is 0.315 e. The molecule has 0 spiro atoms. The molecule has 1 aromatic rings. The van der Waals surface area contributed by atoms with Crippen molar-refractivity contribution in [3.8, 4) is 6.07 Å². The summed E-state index contributed by atoms with van der Waals surface area (Å²) in [6.45, 7) is 3.38. The summed E-state index contributed by atoms with van der Waals surface area (Å²) in [5.41, 5.74) is 1.19. The third-order valence-corrected chi connectivity index (χ3v) is 5.69. The predicted molar refractivity (Wildman–Crippen MR) is 76.7 cm³/mol. The summed E-state index contributed by atoms with van der Waals surface area (Å²) in [6.07, 6.45) is 1.86. The van der Waals surface area contributed by atoms with Crippen molar-refractivity contribution in [3.63, 3.8) is 0 Å². The average molecular weight is 293 g/mol. The first-order chi connectivity index (χ1) is 9.46.